The van der Waals surface area contributed by atoms with E-state index in [0.29, 0.717) is 18.4 Å². The number of nitrogens with one attached hydrogen (secondary N) is 1. The zero-order valence-electron chi connectivity index (χ0n) is 21.5. The Bertz CT molecular complexity index is 1110. The van der Waals surface area contributed by atoms with E-state index in [9.17, 15) is 14.0 Å². The van der Waals surface area contributed by atoms with E-state index in [0.717, 1.165) is 24.0 Å². The minimum absolute atomic E-state index is 0.0294. The van der Waals surface area contributed by atoms with Crippen LogP contribution in [0.2, 0.25) is 0 Å². The number of nitrogens with zero attached hydrogens (tertiary/aromatic N) is 1. The second-order valence-electron chi connectivity index (χ2n) is 9.31. The van der Waals surface area contributed by atoms with Gasteiger partial charge in [-0.15, -0.1) is 0 Å². The predicted molar refractivity (Wildman–Crippen MR) is 143 cm³/mol. The van der Waals surface area contributed by atoms with Gasteiger partial charge in [-0.25, -0.2) is 4.39 Å². The molecule has 3 aromatic carbocycles. The number of benzene rings is 3. The van der Waals surface area contributed by atoms with Crippen molar-refractivity contribution >= 4 is 11.8 Å². The lowest BCUT2D eigenvalue weighted by Crippen LogP contribution is -2.52. The Labute approximate surface area is 214 Å². The van der Waals surface area contributed by atoms with Crippen molar-refractivity contribution in [2.45, 2.75) is 71.5 Å². The highest BCUT2D eigenvalue weighted by Gasteiger charge is 2.31. The molecule has 0 fully saturated rings. The molecule has 0 heterocycles. The number of amides is 2. The van der Waals surface area contributed by atoms with Gasteiger partial charge in [-0.1, -0.05) is 86.6 Å². The molecule has 3 aromatic rings. The topological polar surface area (TPSA) is 49.4 Å². The van der Waals surface area contributed by atoms with Crippen molar-refractivity contribution in [3.8, 4) is 0 Å². The third-order valence-corrected chi connectivity index (χ3v) is 6.63. The van der Waals surface area contributed by atoms with Crippen LogP contribution in [0.1, 0.15) is 55.9 Å². The van der Waals surface area contributed by atoms with Gasteiger partial charge in [0.15, 0.2) is 0 Å². The van der Waals surface area contributed by atoms with Gasteiger partial charge in [0.05, 0.1) is 0 Å². The summed E-state index contributed by atoms with van der Waals surface area (Å²) in [4.78, 5) is 28.7. The summed E-state index contributed by atoms with van der Waals surface area (Å²) in [6, 6.07) is 23.6. The quantitative estimate of drug-likeness (QED) is 0.346. The molecule has 2 amide bonds. The van der Waals surface area contributed by atoms with Crippen LogP contribution >= 0.6 is 0 Å². The number of aryl methyl sites for hydroxylation is 2. The third kappa shape index (κ3) is 7.77. The minimum atomic E-state index is -0.754. The predicted octanol–water partition coefficient (Wildman–Crippen LogP) is 5.88. The second kappa shape index (κ2) is 13.6. The fourth-order valence-electron chi connectivity index (χ4n) is 4.14. The Morgan fingerprint density at radius 1 is 0.861 bits per heavy atom. The van der Waals surface area contributed by atoms with Crippen molar-refractivity contribution in [3.63, 3.8) is 0 Å². The molecule has 0 aliphatic carbocycles. The van der Waals surface area contributed by atoms with Crippen LogP contribution < -0.4 is 5.32 Å². The lowest BCUT2D eigenvalue weighted by molar-refractivity contribution is -0.141. The average molecular weight is 489 g/mol. The molecular weight excluding hydrogens is 451 g/mol. The van der Waals surface area contributed by atoms with Crippen LogP contribution in [-0.2, 0) is 35.4 Å². The van der Waals surface area contributed by atoms with E-state index in [2.05, 4.69) is 24.4 Å². The lowest BCUT2D eigenvalue weighted by atomic mass is 10.0. The van der Waals surface area contributed by atoms with Gasteiger partial charge in [0.1, 0.15) is 11.9 Å². The second-order valence-corrected chi connectivity index (χ2v) is 9.31. The van der Waals surface area contributed by atoms with E-state index < -0.39 is 6.04 Å². The monoisotopic (exact) mass is 488 g/mol. The highest BCUT2D eigenvalue weighted by atomic mass is 19.1. The molecule has 36 heavy (non-hydrogen) atoms. The summed E-state index contributed by atoms with van der Waals surface area (Å²) < 4.78 is 14.7. The fourth-order valence-corrected chi connectivity index (χ4v) is 4.14. The Kier molecular flexibility index (Phi) is 10.2. The summed E-state index contributed by atoms with van der Waals surface area (Å²) in [5, 5.41) is 3.05. The van der Waals surface area contributed by atoms with Gasteiger partial charge in [0.25, 0.3) is 0 Å². The number of hydrogen-bond acceptors (Lipinski definition) is 2. The number of rotatable bonds is 12. The maximum Gasteiger partial charge on any atom is 0.243 e. The summed E-state index contributed by atoms with van der Waals surface area (Å²) >= 11 is 0. The molecule has 0 aromatic heterocycles. The first-order valence-electron chi connectivity index (χ1n) is 12.9. The normalized spacial score (nSPS) is 12.6. The molecule has 1 N–H and O–H groups in total. The van der Waals surface area contributed by atoms with Gasteiger partial charge < -0.3 is 10.2 Å². The summed E-state index contributed by atoms with van der Waals surface area (Å²) in [5.41, 5.74) is 3.65. The molecule has 4 nitrogen and oxygen atoms in total. The molecule has 2 atom stereocenters. The van der Waals surface area contributed by atoms with Gasteiger partial charge in [0, 0.05) is 31.0 Å². The summed E-state index contributed by atoms with van der Waals surface area (Å²) in [6.45, 7) is 6.09. The number of hydrogen-bond donors (Lipinski definition) is 1. The van der Waals surface area contributed by atoms with E-state index in [4.69, 9.17) is 0 Å². The van der Waals surface area contributed by atoms with E-state index in [-0.39, 0.29) is 36.6 Å². The van der Waals surface area contributed by atoms with Crippen molar-refractivity contribution in [1.29, 1.82) is 0 Å². The van der Waals surface area contributed by atoms with Gasteiger partial charge in [-0.05, 0) is 48.9 Å². The van der Waals surface area contributed by atoms with E-state index >= 15 is 0 Å². The minimum Gasteiger partial charge on any atom is -0.352 e. The van der Waals surface area contributed by atoms with Crippen LogP contribution in [0, 0.1) is 5.82 Å². The zero-order chi connectivity index (χ0) is 25.9. The molecule has 190 valence electrons. The third-order valence-electron chi connectivity index (χ3n) is 6.63. The van der Waals surface area contributed by atoms with E-state index in [1.807, 2.05) is 56.3 Å². The fraction of sp³-hybridized carbons (Fsp3) is 0.355. The van der Waals surface area contributed by atoms with Crippen LogP contribution in [-0.4, -0.2) is 28.8 Å². The molecule has 0 saturated heterocycles. The van der Waals surface area contributed by atoms with Gasteiger partial charge >= 0.3 is 0 Å². The molecular formula is C31H37FN2O2. The standard InChI is InChI=1S/C31H37FN2O2/c1-4-23(3)33-31(36)29(21-26-11-7-6-8-12-26)34(22-27-13-9-10-14-28(27)32)30(35)20-19-25-17-15-24(5-2)16-18-25/h6-18,23,29H,4-5,19-22H2,1-3H3,(H,33,36). The van der Waals surface area contributed by atoms with Crippen molar-refractivity contribution in [2.75, 3.05) is 0 Å². The van der Waals surface area contributed by atoms with Crippen molar-refractivity contribution in [2.24, 2.45) is 0 Å². The maximum absolute atomic E-state index is 14.7. The van der Waals surface area contributed by atoms with Crippen molar-refractivity contribution in [1.82, 2.24) is 10.2 Å². The van der Waals surface area contributed by atoms with Crippen molar-refractivity contribution in [3.05, 3.63) is 107 Å². The summed E-state index contributed by atoms with van der Waals surface area (Å²) in [7, 11) is 0. The van der Waals surface area contributed by atoms with Gasteiger partial charge in [0.2, 0.25) is 11.8 Å². The number of carbonyl (C=O) groups excluding carboxylic acids is 2. The molecule has 3 rings (SSSR count). The molecule has 0 aliphatic rings. The maximum atomic E-state index is 14.7. The van der Waals surface area contributed by atoms with E-state index in [1.54, 1.807) is 23.1 Å². The Morgan fingerprint density at radius 2 is 1.50 bits per heavy atom. The summed E-state index contributed by atoms with van der Waals surface area (Å²) in [6.07, 6.45) is 2.89. The Hall–Kier alpha value is -3.47. The number of halogens is 1. The molecule has 0 saturated carbocycles. The first-order valence-corrected chi connectivity index (χ1v) is 12.9. The van der Waals surface area contributed by atoms with E-state index in [1.165, 1.54) is 11.6 Å². The first kappa shape index (κ1) is 27.1. The van der Waals surface area contributed by atoms with Gasteiger partial charge in [-0.3, -0.25) is 9.59 Å². The Balaban J connectivity index is 1.90. The summed E-state index contributed by atoms with van der Waals surface area (Å²) in [5.74, 6) is -0.769. The van der Waals surface area contributed by atoms with Crippen molar-refractivity contribution < 1.29 is 14.0 Å². The van der Waals surface area contributed by atoms with Crippen LogP contribution in [0.4, 0.5) is 4.39 Å². The SMILES string of the molecule is CCc1ccc(CCC(=O)N(Cc2ccccc2F)C(Cc2ccccc2)C(=O)NC(C)CC)cc1. The lowest BCUT2D eigenvalue weighted by Gasteiger charge is -2.32. The molecule has 0 aliphatic heterocycles. The molecule has 0 spiro atoms. The average Bonchev–Trinajstić information content (AvgIpc) is 2.91. The largest absolute Gasteiger partial charge is 0.352 e. The Morgan fingerprint density at radius 3 is 2.14 bits per heavy atom. The van der Waals surface area contributed by atoms with Crippen LogP contribution in [0.3, 0.4) is 0 Å². The smallest absolute Gasteiger partial charge is 0.243 e. The van der Waals surface area contributed by atoms with Crippen LogP contribution in [0.15, 0.2) is 78.9 Å². The molecule has 0 radical (unpaired) electrons. The van der Waals surface area contributed by atoms with Crippen LogP contribution in [0.25, 0.3) is 0 Å². The molecule has 0 bridgehead atoms. The zero-order valence-corrected chi connectivity index (χ0v) is 21.5. The van der Waals surface area contributed by atoms with Gasteiger partial charge in [-0.2, -0.15) is 0 Å². The highest BCUT2D eigenvalue weighted by molar-refractivity contribution is 5.88. The number of carbonyl (C=O) groups is 2. The first-order chi connectivity index (χ1) is 17.4. The van der Waals surface area contributed by atoms with Crippen LogP contribution in [0.5, 0.6) is 0 Å². The molecule has 5 heteroatoms. The highest BCUT2D eigenvalue weighted by Crippen LogP contribution is 2.19. The molecule has 2 unspecified atom stereocenters.